The van der Waals surface area contributed by atoms with Crippen molar-refractivity contribution in [1.82, 2.24) is 4.90 Å². The van der Waals surface area contributed by atoms with E-state index in [4.69, 9.17) is 10.5 Å². The van der Waals surface area contributed by atoms with E-state index in [-0.39, 0.29) is 5.91 Å². The van der Waals surface area contributed by atoms with Gasteiger partial charge in [0.2, 0.25) is 5.91 Å². The van der Waals surface area contributed by atoms with E-state index in [1.165, 1.54) is 5.56 Å². The number of ether oxygens (including phenoxy) is 1. The summed E-state index contributed by atoms with van der Waals surface area (Å²) in [6.45, 7) is 3.22. The van der Waals surface area contributed by atoms with E-state index in [1.54, 1.807) is 19.0 Å². The first-order chi connectivity index (χ1) is 9.04. The normalized spacial score (nSPS) is 10.3. The molecule has 1 rings (SSSR count). The van der Waals surface area contributed by atoms with E-state index in [9.17, 15) is 4.79 Å². The van der Waals surface area contributed by atoms with Crippen LogP contribution in [0.2, 0.25) is 0 Å². The Morgan fingerprint density at radius 1 is 1.37 bits per heavy atom. The van der Waals surface area contributed by atoms with Gasteiger partial charge in [-0.3, -0.25) is 4.79 Å². The van der Waals surface area contributed by atoms with Crippen LogP contribution in [0.5, 0.6) is 5.75 Å². The minimum absolute atomic E-state index is 0.134. The van der Waals surface area contributed by atoms with Gasteiger partial charge in [-0.15, -0.1) is 0 Å². The number of aryl methyl sites for hydroxylation is 1. The second-order valence-corrected chi connectivity index (χ2v) is 4.89. The number of rotatable bonds is 7. The lowest BCUT2D eigenvalue weighted by Crippen LogP contribution is -2.21. The highest BCUT2D eigenvalue weighted by Crippen LogP contribution is 2.20. The molecule has 0 saturated carbocycles. The van der Waals surface area contributed by atoms with Gasteiger partial charge in [0.25, 0.3) is 0 Å². The Labute approximate surface area is 115 Å². The molecule has 0 aliphatic carbocycles. The summed E-state index contributed by atoms with van der Waals surface area (Å²) >= 11 is 0. The molecule has 19 heavy (non-hydrogen) atoms. The van der Waals surface area contributed by atoms with Crippen molar-refractivity contribution in [2.45, 2.75) is 26.2 Å². The van der Waals surface area contributed by atoms with Crippen LogP contribution >= 0.6 is 0 Å². The molecule has 1 aromatic rings. The number of benzene rings is 1. The minimum atomic E-state index is 0.134. The van der Waals surface area contributed by atoms with Gasteiger partial charge in [0.1, 0.15) is 5.75 Å². The highest BCUT2D eigenvalue weighted by atomic mass is 16.5. The number of amides is 1. The van der Waals surface area contributed by atoms with E-state index in [2.05, 4.69) is 13.0 Å². The Bertz CT molecular complexity index is 417. The van der Waals surface area contributed by atoms with Gasteiger partial charge in [-0.05, 0) is 37.9 Å². The maximum absolute atomic E-state index is 11.4. The molecule has 4 heteroatoms. The van der Waals surface area contributed by atoms with Gasteiger partial charge < -0.3 is 15.4 Å². The molecule has 2 N–H and O–H groups in total. The predicted octanol–water partition coefficient (Wildman–Crippen LogP) is 1.74. The standard InChI is InChI=1S/C15H24N2O2/c1-12-6-7-14(13(11-12)8-9-16)19-10-4-5-15(18)17(2)3/h6-7,11H,4-5,8-10,16H2,1-3H3. The SMILES string of the molecule is Cc1ccc(OCCCC(=O)N(C)C)c(CCN)c1. The largest absolute Gasteiger partial charge is 0.493 e. The number of carbonyl (C=O) groups excluding carboxylic acids is 1. The molecule has 0 radical (unpaired) electrons. The predicted molar refractivity (Wildman–Crippen MR) is 77.4 cm³/mol. The average molecular weight is 264 g/mol. The average Bonchev–Trinajstić information content (AvgIpc) is 2.36. The summed E-state index contributed by atoms with van der Waals surface area (Å²) in [6.07, 6.45) is 2.06. The molecule has 106 valence electrons. The highest BCUT2D eigenvalue weighted by Gasteiger charge is 2.06. The van der Waals surface area contributed by atoms with Crippen molar-refractivity contribution < 1.29 is 9.53 Å². The van der Waals surface area contributed by atoms with Gasteiger partial charge in [-0.25, -0.2) is 0 Å². The lowest BCUT2D eigenvalue weighted by molar-refractivity contribution is -0.128. The Kier molecular flexibility index (Phi) is 6.36. The van der Waals surface area contributed by atoms with Crippen molar-refractivity contribution >= 4 is 5.91 Å². The van der Waals surface area contributed by atoms with Crippen molar-refractivity contribution in [3.8, 4) is 5.75 Å². The molecular weight excluding hydrogens is 240 g/mol. The van der Waals surface area contributed by atoms with Crippen LogP contribution in [-0.4, -0.2) is 38.1 Å². The van der Waals surface area contributed by atoms with Crippen molar-refractivity contribution in [1.29, 1.82) is 0 Å². The number of hydrogen-bond acceptors (Lipinski definition) is 3. The Balaban J connectivity index is 2.46. The maximum Gasteiger partial charge on any atom is 0.222 e. The van der Waals surface area contributed by atoms with E-state index in [0.29, 0.717) is 19.6 Å². The van der Waals surface area contributed by atoms with Gasteiger partial charge >= 0.3 is 0 Å². The van der Waals surface area contributed by atoms with Gasteiger partial charge in [-0.1, -0.05) is 17.7 Å². The fourth-order valence-corrected chi connectivity index (χ4v) is 1.83. The van der Waals surface area contributed by atoms with Crippen LogP contribution < -0.4 is 10.5 Å². The monoisotopic (exact) mass is 264 g/mol. The molecule has 0 fully saturated rings. The number of hydrogen-bond donors (Lipinski definition) is 1. The second-order valence-electron chi connectivity index (χ2n) is 4.89. The first kappa shape index (κ1) is 15.5. The van der Waals surface area contributed by atoms with Crippen LogP contribution in [0.15, 0.2) is 18.2 Å². The quantitative estimate of drug-likeness (QED) is 0.763. The summed E-state index contributed by atoms with van der Waals surface area (Å²) in [5.74, 6) is 1.02. The molecule has 1 amide bonds. The first-order valence-electron chi connectivity index (χ1n) is 6.67. The van der Waals surface area contributed by atoms with E-state index in [0.717, 1.165) is 24.2 Å². The summed E-state index contributed by atoms with van der Waals surface area (Å²) in [5.41, 5.74) is 7.95. The zero-order valence-electron chi connectivity index (χ0n) is 12.1. The summed E-state index contributed by atoms with van der Waals surface area (Å²) in [6, 6.07) is 6.11. The molecule has 0 unspecified atom stereocenters. The van der Waals surface area contributed by atoms with Gasteiger partial charge in [-0.2, -0.15) is 0 Å². The van der Waals surface area contributed by atoms with Gasteiger partial charge in [0, 0.05) is 20.5 Å². The molecular formula is C15H24N2O2. The molecule has 0 aliphatic rings. The third kappa shape index (κ3) is 5.30. The number of nitrogens with zero attached hydrogens (tertiary/aromatic N) is 1. The first-order valence-corrected chi connectivity index (χ1v) is 6.67. The third-order valence-corrected chi connectivity index (χ3v) is 2.92. The summed E-state index contributed by atoms with van der Waals surface area (Å²) in [7, 11) is 3.53. The molecule has 0 bridgehead atoms. The van der Waals surface area contributed by atoms with Gasteiger partial charge in [0.15, 0.2) is 0 Å². The van der Waals surface area contributed by atoms with Crippen LogP contribution in [0.25, 0.3) is 0 Å². The Morgan fingerprint density at radius 2 is 2.11 bits per heavy atom. The topological polar surface area (TPSA) is 55.6 Å². The Morgan fingerprint density at radius 3 is 2.74 bits per heavy atom. The van der Waals surface area contributed by atoms with Crippen molar-refractivity contribution in [2.24, 2.45) is 5.73 Å². The van der Waals surface area contributed by atoms with Crippen molar-refractivity contribution in [2.75, 3.05) is 27.2 Å². The molecule has 0 saturated heterocycles. The number of nitrogens with two attached hydrogens (primary N) is 1. The highest BCUT2D eigenvalue weighted by molar-refractivity contribution is 5.75. The molecule has 1 aromatic carbocycles. The summed E-state index contributed by atoms with van der Waals surface area (Å²) < 4.78 is 5.75. The molecule has 0 aliphatic heterocycles. The van der Waals surface area contributed by atoms with Crippen molar-refractivity contribution in [3.63, 3.8) is 0 Å². The molecule has 0 heterocycles. The summed E-state index contributed by atoms with van der Waals surface area (Å²) in [4.78, 5) is 13.0. The van der Waals surface area contributed by atoms with Crippen molar-refractivity contribution in [3.05, 3.63) is 29.3 Å². The lowest BCUT2D eigenvalue weighted by Gasteiger charge is -2.13. The third-order valence-electron chi connectivity index (χ3n) is 2.92. The molecule has 4 nitrogen and oxygen atoms in total. The van der Waals surface area contributed by atoms with Crippen LogP contribution in [0.1, 0.15) is 24.0 Å². The maximum atomic E-state index is 11.4. The minimum Gasteiger partial charge on any atom is -0.493 e. The zero-order valence-corrected chi connectivity index (χ0v) is 12.1. The lowest BCUT2D eigenvalue weighted by atomic mass is 10.1. The molecule has 0 spiro atoms. The van der Waals surface area contributed by atoms with Crippen LogP contribution in [0.4, 0.5) is 0 Å². The number of carbonyl (C=O) groups is 1. The molecule has 0 aromatic heterocycles. The van der Waals surface area contributed by atoms with E-state index >= 15 is 0 Å². The Hall–Kier alpha value is -1.55. The summed E-state index contributed by atoms with van der Waals surface area (Å²) in [5, 5.41) is 0. The second kappa shape index (κ2) is 7.79. The molecule has 0 atom stereocenters. The zero-order chi connectivity index (χ0) is 14.3. The van der Waals surface area contributed by atoms with E-state index in [1.807, 2.05) is 12.1 Å². The van der Waals surface area contributed by atoms with Crippen LogP contribution in [0.3, 0.4) is 0 Å². The van der Waals surface area contributed by atoms with Crippen LogP contribution in [-0.2, 0) is 11.2 Å². The van der Waals surface area contributed by atoms with Crippen LogP contribution in [0, 0.1) is 6.92 Å². The fraction of sp³-hybridized carbons (Fsp3) is 0.533. The van der Waals surface area contributed by atoms with E-state index < -0.39 is 0 Å². The fourth-order valence-electron chi connectivity index (χ4n) is 1.83. The smallest absolute Gasteiger partial charge is 0.222 e. The van der Waals surface area contributed by atoms with Gasteiger partial charge in [0.05, 0.1) is 6.61 Å².